The second kappa shape index (κ2) is 5.69. The van der Waals surface area contributed by atoms with Gasteiger partial charge in [0.2, 0.25) is 17.7 Å². The molecular weight excluding hydrogens is 246 g/mol. The molecule has 0 aromatic carbocycles. The molecule has 1 saturated heterocycles. The van der Waals surface area contributed by atoms with Crippen LogP contribution in [0.2, 0.25) is 0 Å². The zero-order valence-electron chi connectivity index (χ0n) is 12.0. The Labute approximate surface area is 113 Å². The third-order valence-electron chi connectivity index (χ3n) is 3.06. The van der Waals surface area contributed by atoms with Crippen molar-refractivity contribution in [1.29, 1.82) is 0 Å². The van der Waals surface area contributed by atoms with Crippen LogP contribution in [0.5, 0.6) is 0 Å². The summed E-state index contributed by atoms with van der Waals surface area (Å²) in [7, 11) is 0. The molecule has 1 aliphatic heterocycles. The maximum absolute atomic E-state index is 12.1. The van der Waals surface area contributed by atoms with Crippen LogP contribution >= 0.6 is 0 Å². The number of carbonyl (C=O) groups excluding carboxylic acids is 3. The van der Waals surface area contributed by atoms with Gasteiger partial charge < -0.3 is 10.6 Å². The maximum Gasteiger partial charge on any atom is 0.249 e. The van der Waals surface area contributed by atoms with Crippen LogP contribution in [0.15, 0.2) is 0 Å². The molecular formula is C13H23N3O3. The number of piperazine rings is 1. The lowest BCUT2D eigenvalue weighted by Gasteiger charge is -2.33. The molecule has 0 saturated carbocycles. The molecule has 3 amide bonds. The van der Waals surface area contributed by atoms with Crippen molar-refractivity contribution in [1.82, 2.24) is 10.2 Å². The minimum Gasteiger partial charge on any atom is -0.327 e. The first-order valence-electron chi connectivity index (χ1n) is 6.49. The van der Waals surface area contributed by atoms with Crippen LogP contribution in [0.3, 0.4) is 0 Å². The smallest absolute Gasteiger partial charge is 0.249 e. The van der Waals surface area contributed by atoms with Gasteiger partial charge in [-0.1, -0.05) is 20.8 Å². The van der Waals surface area contributed by atoms with E-state index in [0.717, 1.165) is 0 Å². The number of rotatable bonds is 3. The zero-order valence-corrected chi connectivity index (χ0v) is 12.0. The molecule has 0 aromatic rings. The molecule has 3 N–H and O–H groups in total. The van der Waals surface area contributed by atoms with E-state index in [1.54, 1.807) is 6.92 Å². The lowest BCUT2D eigenvalue weighted by Crippen LogP contribution is -2.59. The third-order valence-corrected chi connectivity index (χ3v) is 3.06. The van der Waals surface area contributed by atoms with Crippen molar-refractivity contribution in [3.63, 3.8) is 0 Å². The van der Waals surface area contributed by atoms with Crippen molar-refractivity contribution in [3.05, 3.63) is 0 Å². The number of hydrogen-bond acceptors (Lipinski definition) is 4. The van der Waals surface area contributed by atoms with E-state index < -0.39 is 17.9 Å². The predicted molar refractivity (Wildman–Crippen MR) is 71.0 cm³/mol. The highest BCUT2D eigenvalue weighted by Gasteiger charge is 2.34. The van der Waals surface area contributed by atoms with Gasteiger partial charge in [-0.2, -0.15) is 0 Å². The van der Waals surface area contributed by atoms with E-state index in [4.69, 9.17) is 5.73 Å². The van der Waals surface area contributed by atoms with Crippen LogP contribution in [0.1, 0.15) is 40.5 Å². The second-order valence-corrected chi connectivity index (χ2v) is 6.34. The molecule has 1 aliphatic rings. The Bertz CT molecular complexity index is 387. The third kappa shape index (κ3) is 4.63. The number of nitrogens with zero attached hydrogens (tertiary/aromatic N) is 1. The fraction of sp³-hybridized carbons (Fsp3) is 0.769. The van der Waals surface area contributed by atoms with E-state index in [9.17, 15) is 14.4 Å². The number of amides is 3. The lowest BCUT2D eigenvalue weighted by molar-refractivity contribution is -0.149. The molecule has 0 bridgehead atoms. The predicted octanol–water partition coefficient (Wildman–Crippen LogP) is 0.0135. The molecule has 0 spiro atoms. The number of nitrogens with one attached hydrogen (secondary N) is 1. The minimum absolute atomic E-state index is 0.0421. The van der Waals surface area contributed by atoms with E-state index in [0.29, 0.717) is 6.42 Å². The lowest BCUT2D eigenvalue weighted by atomic mass is 9.87. The SMILES string of the molecule is CC1C(=O)NC(=O)CN1C(=O)CC(N)CC(C)(C)C. The first-order valence-corrected chi connectivity index (χ1v) is 6.49. The standard InChI is InChI=1S/C13H23N3O3/c1-8-12(19)15-10(17)7-16(8)11(18)5-9(14)6-13(2,3)4/h8-9H,5-7,14H2,1-4H3,(H,15,17,19). The van der Waals surface area contributed by atoms with Crippen LogP contribution in [-0.4, -0.2) is 41.2 Å². The molecule has 19 heavy (non-hydrogen) atoms. The molecule has 0 aromatic heterocycles. The van der Waals surface area contributed by atoms with Crippen LogP contribution in [0, 0.1) is 5.41 Å². The molecule has 1 rings (SSSR count). The summed E-state index contributed by atoms with van der Waals surface area (Å²) in [6.45, 7) is 7.69. The minimum atomic E-state index is -0.618. The summed E-state index contributed by atoms with van der Waals surface area (Å²) < 4.78 is 0. The Morgan fingerprint density at radius 1 is 1.47 bits per heavy atom. The summed E-state index contributed by atoms with van der Waals surface area (Å²) in [5.41, 5.74) is 5.99. The normalized spacial score (nSPS) is 22.2. The molecule has 6 nitrogen and oxygen atoms in total. The van der Waals surface area contributed by atoms with Crippen LogP contribution in [0.25, 0.3) is 0 Å². The van der Waals surface area contributed by atoms with E-state index in [1.165, 1.54) is 4.90 Å². The fourth-order valence-corrected chi connectivity index (χ4v) is 2.22. The van der Waals surface area contributed by atoms with Gasteiger partial charge in [-0.3, -0.25) is 19.7 Å². The van der Waals surface area contributed by atoms with Crippen molar-refractivity contribution in [3.8, 4) is 0 Å². The van der Waals surface area contributed by atoms with Crippen molar-refractivity contribution in [2.24, 2.45) is 11.1 Å². The van der Waals surface area contributed by atoms with Crippen molar-refractivity contribution in [2.45, 2.75) is 52.6 Å². The molecule has 2 atom stereocenters. The average Bonchev–Trinajstić information content (AvgIpc) is 2.20. The van der Waals surface area contributed by atoms with Crippen molar-refractivity contribution >= 4 is 17.7 Å². The topological polar surface area (TPSA) is 92.5 Å². The Hall–Kier alpha value is -1.43. The van der Waals surface area contributed by atoms with Gasteiger partial charge in [0.1, 0.15) is 12.6 Å². The highest BCUT2D eigenvalue weighted by molar-refractivity contribution is 6.04. The van der Waals surface area contributed by atoms with E-state index in [2.05, 4.69) is 26.1 Å². The summed E-state index contributed by atoms with van der Waals surface area (Å²) in [6.07, 6.45) is 0.864. The summed E-state index contributed by atoms with van der Waals surface area (Å²) in [6, 6.07) is -0.883. The first kappa shape index (κ1) is 15.6. The second-order valence-electron chi connectivity index (χ2n) is 6.34. The largest absolute Gasteiger partial charge is 0.327 e. The Kier molecular flexibility index (Phi) is 4.68. The monoisotopic (exact) mass is 269 g/mol. The van der Waals surface area contributed by atoms with Gasteiger partial charge in [-0.25, -0.2) is 0 Å². The summed E-state index contributed by atoms with van der Waals surface area (Å²) in [4.78, 5) is 36.2. The molecule has 0 radical (unpaired) electrons. The van der Waals surface area contributed by atoms with Gasteiger partial charge in [-0.15, -0.1) is 0 Å². The van der Waals surface area contributed by atoms with Gasteiger partial charge in [0.05, 0.1) is 0 Å². The molecule has 6 heteroatoms. The summed E-state index contributed by atoms with van der Waals surface area (Å²) in [5.74, 6) is -1.12. The van der Waals surface area contributed by atoms with E-state index in [-0.39, 0.29) is 30.3 Å². The molecule has 108 valence electrons. The van der Waals surface area contributed by atoms with Crippen LogP contribution in [0.4, 0.5) is 0 Å². The Balaban J connectivity index is 2.62. The Morgan fingerprint density at radius 3 is 2.58 bits per heavy atom. The summed E-state index contributed by atoms with van der Waals surface area (Å²) in [5, 5.41) is 2.20. The van der Waals surface area contributed by atoms with Crippen molar-refractivity contribution < 1.29 is 14.4 Å². The number of hydrogen-bond donors (Lipinski definition) is 2. The van der Waals surface area contributed by atoms with Gasteiger partial charge in [0.25, 0.3) is 0 Å². The zero-order chi connectivity index (χ0) is 14.8. The van der Waals surface area contributed by atoms with Crippen LogP contribution in [-0.2, 0) is 14.4 Å². The fourth-order valence-electron chi connectivity index (χ4n) is 2.22. The Morgan fingerprint density at radius 2 is 2.05 bits per heavy atom. The molecule has 2 unspecified atom stereocenters. The van der Waals surface area contributed by atoms with Gasteiger partial charge in [0.15, 0.2) is 0 Å². The number of nitrogens with two attached hydrogens (primary N) is 1. The van der Waals surface area contributed by atoms with Gasteiger partial charge in [-0.05, 0) is 18.8 Å². The first-order chi connectivity index (χ1) is 8.60. The van der Waals surface area contributed by atoms with Crippen molar-refractivity contribution in [2.75, 3.05) is 6.54 Å². The van der Waals surface area contributed by atoms with Gasteiger partial charge >= 0.3 is 0 Å². The van der Waals surface area contributed by atoms with Crippen LogP contribution < -0.4 is 11.1 Å². The maximum atomic E-state index is 12.1. The van der Waals surface area contributed by atoms with Gasteiger partial charge in [0, 0.05) is 12.5 Å². The molecule has 1 heterocycles. The molecule has 0 aliphatic carbocycles. The summed E-state index contributed by atoms with van der Waals surface area (Å²) >= 11 is 0. The highest BCUT2D eigenvalue weighted by atomic mass is 16.2. The highest BCUT2D eigenvalue weighted by Crippen LogP contribution is 2.21. The van der Waals surface area contributed by atoms with E-state index in [1.807, 2.05) is 0 Å². The number of carbonyl (C=O) groups is 3. The molecule has 1 fully saturated rings. The quantitative estimate of drug-likeness (QED) is 0.706. The number of imide groups is 1. The average molecular weight is 269 g/mol. The van der Waals surface area contributed by atoms with E-state index >= 15 is 0 Å².